The zero-order valence-corrected chi connectivity index (χ0v) is 9.53. The predicted octanol–water partition coefficient (Wildman–Crippen LogP) is 2.42. The first kappa shape index (κ1) is 10.6. The topological polar surface area (TPSA) is 59.2 Å². The maximum absolute atomic E-state index is 9.68. The van der Waals surface area contributed by atoms with Gasteiger partial charge in [-0.25, -0.2) is 0 Å². The number of aliphatic hydroxyl groups is 1. The van der Waals surface area contributed by atoms with Crippen molar-refractivity contribution in [1.29, 1.82) is 0 Å². The van der Waals surface area contributed by atoms with E-state index in [1.54, 1.807) is 0 Å². The van der Waals surface area contributed by atoms with Crippen molar-refractivity contribution in [2.45, 2.75) is 52.1 Å². The van der Waals surface area contributed by atoms with Crippen LogP contribution in [0.2, 0.25) is 0 Å². The first-order chi connectivity index (χ1) is 7.04. The van der Waals surface area contributed by atoms with Crippen molar-refractivity contribution in [2.24, 2.45) is 5.41 Å². The van der Waals surface area contributed by atoms with Crippen LogP contribution in [-0.4, -0.2) is 15.2 Å². The molecule has 2 rings (SSSR count). The second-order valence-electron chi connectivity index (χ2n) is 5.04. The summed E-state index contributed by atoms with van der Waals surface area (Å²) in [6.45, 7) is 6.39. The van der Waals surface area contributed by atoms with E-state index in [1.807, 2.05) is 6.92 Å². The molecule has 1 aromatic rings. The van der Waals surface area contributed by atoms with Crippen molar-refractivity contribution in [3.05, 3.63) is 11.7 Å². The monoisotopic (exact) mass is 210 g/mol. The van der Waals surface area contributed by atoms with E-state index in [1.165, 1.54) is 0 Å². The average molecular weight is 210 g/mol. The van der Waals surface area contributed by atoms with E-state index < -0.39 is 6.10 Å². The summed E-state index contributed by atoms with van der Waals surface area (Å²) in [7, 11) is 0. The lowest BCUT2D eigenvalue weighted by atomic mass is 10.1. The highest BCUT2D eigenvalue weighted by Crippen LogP contribution is 2.58. The first-order valence-electron chi connectivity index (χ1n) is 5.56. The summed E-state index contributed by atoms with van der Waals surface area (Å²) >= 11 is 0. The Bertz CT molecular complexity index is 346. The van der Waals surface area contributed by atoms with E-state index in [0.29, 0.717) is 29.5 Å². The summed E-state index contributed by atoms with van der Waals surface area (Å²) in [5.41, 5.74) is 0.291. The molecule has 1 aliphatic rings. The molecule has 2 unspecified atom stereocenters. The fraction of sp³-hybridized carbons (Fsp3) is 0.818. The van der Waals surface area contributed by atoms with Crippen molar-refractivity contribution in [1.82, 2.24) is 10.1 Å². The van der Waals surface area contributed by atoms with Gasteiger partial charge in [0, 0.05) is 5.92 Å². The zero-order valence-electron chi connectivity index (χ0n) is 9.53. The summed E-state index contributed by atoms with van der Waals surface area (Å²) in [6.07, 6.45) is 2.13. The van der Waals surface area contributed by atoms with Crippen LogP contribution >= 0.6 is 0 Å². The molecule has 0 saturated heterocycles. The van der Waals surface area contributed by atoms with Crippen LogP contribution in [0, 0.1) is 5.41 Å². The van der Waals surface area contributed by atoms with Crippen molar-refractivity contribution in [2.75, 3.05) is 0 Å². The van der Waals surface area contributed by atoms with Crippen LogP contribution in [-0.2, 0) is 0 Å². The van der Waals surface area contributed by atoms with Crippen LogP contribution < -0.4 is 0 Å². The first-order valence-corrected chi connectivity index (χ1v) is 5.56. The third-order valence-corrected chi connectivity index (χ3v) is 3.13. The number of hydrogen-bond donors (Lipinski definition) is 1. The molecule has 84 valence electrons. The van der Waals surface area contributed by atoms with Crippen LogP contribution in [0.4, 0.5) is 0 Å². The molecule has 4 nitrogen and oxygen atoms in total. The maximum Gasteiger partial charge on any atom is 0.230 e. The van der Waals surface area contributed by atoms with E-state index >= 15 is 0 Å². The van der Waals surface area contributed by atoms with Gasteiger partial charge in [0.2, 0.25) is 5.89 Å². The smallest absolute Gasteiger partial charge is 0.230 e. The minimum atomic E-state index is -0.575. The highest BCUT2D eigenvalue weighted by molar-refractivity contribution is 5.13. The molecule has 1 N–H and O–H groups in total. The van der Waals surface area contributed by atoms with Gasteiger partial charge in [0.1, 0.15) is 6.10 Å². The van der Waals surface area contributed by atoms with Gasteiger partial charge >= 0.3 is 0 Å². The Morgan fingerprint density at radius 3 is 2.80 bits per heavy atom. The summed E-state index contributed by atoms with van der Waals surface area (Å²) in [5.74, 6) is 1.51. The van der Waals surface area contributed by atoms with E-state index in [-0.39, 0.29) is 0 Å². The Kier molecular flexibility index (Phi) is 2.54. The lowest BCUT2D eigenvalue weighted by Crippen LogP contribution is -1.99. The van der Waals surface area contributed by atoms with Crippen molar-refractivity contribution < 1.29 is 9.63 Å². The molecule has 4 heteroatoms. The minimum absolute atomic E-state index is 0.291. The highest BCUT2D eigenvalue weighted by Gasteiger charge is 2.50. The quantitative estimate of drug-likeness (QED) is 0.829. The third-order valence-electron chi connectivity index (χ3n) is 3.13. The van der Waals surface area contributed by atoms with Crippen LogP contribution in [0.3, 0.4) is 0 Å². The Balaban J connectivity index is 2.05. The third kappa shape index (κ3) is 2.04. The summed E-state index contributed by atoms with van der Waals surface area (Å²) in [5, 5.41) is 13.5. The highest BCUT2D eigenvalue weighted by atomic mass is 16.5. The molecular weight excluding hydrogens is 192 g/mol. The molecule has 2 atom stereocenters. The lowest BCUT2D eigenvalue weighted by Gasteiger charge is -2.01. The van der Waals surface area contributed by atoms with E-state index in [0.717, 1.165) is 12.8 Å². The predicted molar refractivity (Wildman–Crippen MR) is 55.3 cm³/mol. The molecule has 0 bridgehead atoms. The van der Waals surface area contributed by atoms with Gasteiger partial charge in [-0.15, -0.1) is 0 Å². The largest absolute Gasteiger partial charge is 0.385 e. The molecule has 0 spiro atoms. The SMILES string of the molecule is CCCC(O)c1noc(C2CC2(C)C)n1. The van der Waals surface area contributed by atoms with Crippen LogP contribution in [0.15, 0.2) is 4.52 Å². The molecule has 1 saturated carbocycles. The maximum atomic E-state index is 9.68. The second kappa shape index (κ2) is 3.59. The molecule has 0 aliphatic heterocycles. The second-order valence-corrected chi connectivity index (χ2v) is 5.04. The summed E-state index contributed by atoms with van der Waals surface area (Å²) in [6, 6.07) is 0. The Morgan fingerprint density at radius 1 is 1.60 bits per heavy atom. The van der Waals surface area contributed by atoms with Gasteiger partial charge < -0.3 is 9.63 Å². The normalized spacial score (nSPS) is 25.2. The van der Waals surface area contributed by atoms with Gasteiger partial charge in [0.15, 0.2) is 5.82 Å². The van der Waals surface area contributed by atoms with Gasteiger partial charge in [-0.2, -0.15) is 4.98 Å². The number of aromatic nitrogens is 2. The zero-order chi connectivity index (χ0) is 11.1. The van der Waals surface area contributed by atoms with E-state index in [2.05, 4.69) is 24.0 Å². The summed E-state index contributed by atoms with van der Waals surface area (Å²) < 4.78 is 5.17. The standard InChI is InChI=1S/C11H18N2O2/c1-4-5-8(14)9-12-10(15-13-9)7-6-11(7,2)3/h7-8,14H,4-6H2,1-3H3. The molecular formula is C11H18N2O2. The van der Waals surface area contributed by atoms with Gasteiger partial charge in [-0.05, 0) is 18.3 Å². The summed E-state index contributed by atoms with van der Waals surface area (Å²) in [4.78, 5) is 4.26. The Morgan fingerprint density at radius 2 is 2.27 bits per heavy atom. The Hall–Kier alpha value is -0.900. The van der Waals surface area contributed by atoms with Crippen LogP contribution in [0.5, 0.6) is 0 Å². The van der Waals surface area contributed by atoms with Crippen molar-refractivity contribution in [3.8, 4) is 0 Å². The van der Waals surface area contributed by atoms with Crippen molar-refractivity contribution in [3.63, 3.8) is 0 Å². The van der Waals surface area contributed by atoms with Gasteiger partial charge in [-0.1, -0.05) is 32.3 Å². The van der Waals surface area contributed by atoms with E-state index in [9.17, 15) is 5.11 Å². The molecule has 0 radical (unpaired) electrons. The fourth-order valence-electron chi connectivity index (χ4n) is 1.82. The molecule has 15 heavy (non-hydrogen) atoms. The number of rotatable bonds is 4. The van der Waals surface area contributed by atoms with Crippen LogP contribution in [0.25, 0.3) is 0 Å². The molecule has 1 aromatic heterocycles. The molecule has 0 amide bonds. The number of aliphatic hydroxyl groups excluding tert-OH is 1. The van der Waals surface area contributed by atoms with E-state index in [4.69, 9.17) is 4.52 Å². The van der Waals surface area contributed by atoms with Gasteiger partial charge in [-0.3, -0.25) is 0 Å². The minimum Gasteiger partial charge on any atom is -0.385 e. The molecule has 1 fully saturated rings. The number of hydrogen-bond acceptors (Lipinski definition) is 4. The fourth-order valence-corrected chi connectivity index (χ4v) is 1.82. The molecule has 1 aliphatic carbocycles. The van der Waals surface area contributed by atoms with Crippen LogP contribution in [0.1, 0.15) is 63.8 Å². The van der Waals surface area contributed by atoms with Gasteiger partial charge in [0.05, 0.1) is 0 Å². The molecule has 1 heterocycles. The number of nitrogens with zero attached hydrogens (tertiary/aromatic N) is 2. The van der Waals surface area contributed by atoms with Gasteiger partial charge in [0.25, 0.3) is 0 Å². The average Bonchev–Trinajstić information content (AvgIpc) is 2.66. The Labute approximate surface area is 89.7 Å². The lowest BCUT2D eigenvalue weighted by molar-refractivity contribution is 0.152. The van der Waals surface area contributed by atoms with Crippen molar-refractivity contribution >= 4 is 0 Å². The molecule has 0 aromatic carbocycles.